The van der Waals surface area contributed by atoms with Gasteiger partial charge in [-0.05, 0) is 19.9 Å². The zero-order valence-electron chi connectivity index (χ0n) is 10.2. The van der Waals surface area contributed by atoms with Crippen LogP contribution in [0.3, 0.4) is 0 Å². The van der Waals surface area contributed by atoms with Crippen molar-refractivity contribution in [3.63, 3.8) is 0 Å². The minimum atomic E-state index is -0.698. The van der Waals surface area contributed by atoms with Gasteiger partial charge in [-0.15, -0.1) is 11.3 Å². The molecule has 2 aromatic rings. The topological polar surface area (TPSA) is 57.8 Å². The maximum absolute atomic E-state index is 11.2. The number of fused-ring (bicyclic) bond motifs is 1. The molecule has 2 aromatic heterocycles. The van der Waals surface area contributed by atoms with Crippen LogP contribution in [0.4, 0.5) is 0 Å². The molecule has 3 heterocycles. The highest BCUT2D eigenvalue weighted by molar-refractivity contribution is 7.15. The molecule has 0 bridgehead atoms. The lowest BCUT2D eigenvalue weighted by molar-refractivity contribution is -0.147. The maximum atomic E-state index is 11.2. The summed E-state index contributed by atoms with van der Waals surface area (Å²) in [6.45, 7) is 3.99. The first-order chi connectivity index (χ1) is 8.57. The minimum Gasteiger partial charge on any atom is -0.481 e. The van der Waals surface area contributed by atoms with Gasteiger partial charge < -0.3 is 5.11 Å². The predicted octanol–water partition coefficient (Wildman–Crippen LogP) is 1.69. The number of likely N-dealkylation sites (tertiary alicyclic amines) is 1. The summed E-state index contributed by atoms with van der Waals surface area (Å²) >= 11 is 1.61. The van der Waals surface area contributed by atoms with Crippen LogP contribution >= 0.6 is 11.3 Å². The van der Waals surface area contributed by atoms with Crippen molar-refractivity contribution >= 4 is 22.3 Å². The molecular weight excluding hydrogens is 250 g/mol. The van der Waals surface area contributed by atoms with E-state index in [1.165, 1.54) is 0 Å². The Kier molecular flexibility index (Phi) is 2.64. The summed E-state index contributed by atoms with van der Waals surface area (Å²) in [6.07, 6.45) is 4.72. The van der Waals surface area contributed by atoms with Crippen molar-refractivity contribution in [2.45, 2.75) is 19.9 Å². The van der Waals surface area contributed by atoms with Crippen molar-refractivity contribution in [1.82, 2.24) is 14.3 Å². The molecule has 1 saturated heterocycles. The second-order valence-electron chi connectivity index (χ2n) is 5.15. The molecular formula is C12H15N3O2S. The largest absolute Gasteiger partial charge is 0.481 e. The molecule has 0 aliphatic carbocycles. The van der Waals surface area contributed by atoms with Crippen LogP contribution in [-0.2, 0) is 11.3 Å². The van der Waals surface area contributed by atoms with Crippen LogP contribution in [0.25, 0.3) is 4.96 Å². The summed E-state index contributed by atoms with van der Waals surface area (Å²) in [6, 6.07) is 0. The van der Waals surface area contributed by atoms with Gasteiger partial charge in [0.25, 0.3) is 0 Å². The Balaban J connectivity index is 1.71. The van der Waals surface area contributed by atoms with Crippen LogP contribution in [0.15, 0.2) is 17.8 Å². The third kappa shape index (κ3) is 1.91. The number of imidazole rings is 1. The molecule has 0 aromatic carbocycles. The number of thiazole rings is 1. The van der Waals surface area contributed by atoms with Gasteiger partial charge in [0.2, 0.25) is 0 Å². The maximum Gasteiger partial charge on any atom is 0.310 e. The summed E-state index contributed by atoms with van der Waals surface area (Å²) < 4.78 is 2.01. The van der Waals surface area contributed by atoms with Gasteiger partial charge >= 0.3 is 5.97 Å². The van der Waals surface area contributed by atoms with Crippen LogP contribution in [0.2, 0.25) is 0 Å². The van der Waals surface area contributed by atoms with Crippen LogP contribution in [0.5, 0.6) is 0 Å². The summed E-state index contributed by atoms with van der Waals surface area (Å²) in [4.78, 5) is 18.9. The fraction of sp³-hybridized carbons (Fsp3) is 0.500. The highest BCUT2D eigenvalue weighted by Crippen LogP contribution is 2.30. The van der Waals surface area contributed by atoms with Gasteiger partial charge in [-0.2, -0.15) is 0 Å². The van der Waals surface area contributed by atoms with Crippen LogP contribution in [0, 0.1) is 5.41 Å². The molecule has 1 unspecified atom stereocenters. The second-order valence-corrected chi connectivity index (χ2v) is 6.02. The van der Waals surface area contributed by atoms with Crippen molar-refractivity contribution < 1.29 is 9.90 Å². The first-order valence-electron chi connectivity index (χ1n) is 5.94. The lowest BCUT2D eigenvalue weighted by Gasteiger charge is -2.19. The van der Waals surface area contributed by atoms with Gasteiger partial charge in [-0.1, -0.05) is 0 Å². The van der Waals surface area contributed by atoms with E-state index in [1.54, 1.807) is 11.3 Å². The Bertz CT molecular complexity index is 562. The first kappa shape index (κ1) is 11.7. The van der Waals surface area contributed by atoms with Gasteiger partial charge in [-0.25, -0.2) is 4.98 Å². The quantitative estimate of drug-likeness (QED) is 0.917. The number of rotatable bonds is 3. The smallest absolute Gasteiger partial charge is 0.310 e. The van der Waals surface area contributed by atoms with Crippen molar-refractivity contribution in [2.75, 3.05) is 13.1 Å². The molecule has 1 fully saturated rings. The van der Waals surface area contributed by atoms with Gasteiger partial charge in [-0.3, -0.25) is 14.1 Å². The van der Waals surface area contributed by atoms with E-state index in [2.05, 4.69) is 9.88 Å². The van der Waals surface area contributed by atoms with Crippen molar-refractivity contribution in [2.24, 2.45) is 5.41 Å². The number of carboxylic acids is 1. The molecule has 0 saturated carbocycles. The number of aliphatic carboxylic acids is 1. The number of nitrogens with zero attached hydrogens (tertiary/aromatic N) is 3. The van der Waals surface area contributed by atoms with Crippen LogP contribution in [0.1, 0.15) is 19.0 Å². The molecule has 6 heteroatoms. The Morgan fingerprint density at radius 1 is 1.67 bits per heavy atom. The summed E-state index contributed by atoms with van der Waals surface area (Å²) in [7, 11) is 0. The molecule has 1 N–H and O–H groups in total. The van der Waals surface area contributed by atoms with E-state index in [-0.39, 0.29) is 0 Å². The summed E-state index contributed by atoms with van der Waals surface area (Å²) in [5, 5.41) is 11.2. The highest BCUT2D eigenvalue weighted by atomic mass is 32.1. The van der Waals surface area contributed by atoms with E-state index >= 15 is 0 Å². The molecule has 18 heavy (non-hydrogen) atoms. The number of carbonyl (C=O) groups is 1. The summed E-state index contributed by atoms with van der Waals surface area (Å²) in [5.41, 5.74) is 0.411. The van der Waals surface area contributed by atoms with E-state index in [4.69, 9.17) is 0 Å². The Morgan fingerprint density at radius 2 is 2.50 bits per heavy atom. The van der Waals surface area contributed by atoms with E-state index in [9.17, 15) is 9.90 Å². The molecule has 5 nitrogen and oxygen atoms in total. The Morgan fingerprint density at radius 3 is 3.17 bits per heavy atom. The lowest BCUT2D eigenvalue weighted by atomic mass is 9.90. The lowest BCUT2D eigenvalue weighted by Crippen LogP contribution is -2.31. The Labute approximate surface area is 109 Å². The number of carboxylic acid groups (broad SMARTS) is 1. The fourth-order valence-corrected chi connectivity index (χ4v) is 3.17. The standard InChI is InChI=1S/C12H15N3O2S/c1-12(10(16)17)2-3-14(8-12)6-9-7-15-4-5-18-11(15)13-9/h4-5,7H,2-3,6,8H2,1H3,(H,16,17). The first-order valence-corrected chi connectivity index (χ1v) is 6.82. The van der Waals surface area contributed by atoms with Crippen molar-refractivity contribution in [1.29, 1.82) is 0 Å². The van der Waals surface area contributed by atoms with E-state index in [0.717, 1.165) is 23.7 Å². The van der Waals surface area contributed by atoms with Crippen molar-refractivity contribution in [3.8, 4) is 0 Å². The monoisotopic (exact) mass is 265 g/mol. The van der Waals surface area contributed by atoms with Crippen LogP contribution in [-0.4, -0.2) is 38.4 Å². The molecule has 1 atom stereocenters. The normalized spacial score (nSPS) is 24.9. The predicted molar refractivity (Wildman–Crippen MR) is 68.7 cm³/mol. The number of hydrogen-bond acceptors (Lipinski definition) is 4. The zero-order chi connectivity index (χ0) is 12.8. The van der Waals surface area contributed by atoms with Crippen LogP contribution < -0.4 is 0 Å². The minimum absolute atomic E-state index is 0.600. The van der Waals surface area contributed by atoms with E-state index in [0.29, 0.717) is 13.0 Å². The fourth-order valence-electron chi connectivity index (χ4n) is 2.45. The molecule has 3 rings (SSSR count). The average Bonchev–Trinajstić information content (AvgIpc) is 2.94. The highest BCUT2D eigenvalue weighted by Gasteiger charge is 2.40. The second kappa shape index (κ2) is 4.07. The number of aromatic nitrogens is 2. The Hall–Kier alpha value is -1.40. The SMILES string of the molecule is CC1(C(=O)O)CCN(Cc2cn3ccsc3n2)C1. The molecule has 0 spiro atoms. The van der Waals surface area contributed by atoms with Crippen molar-refractivity contribution in [3.05, 3.63) is 23.5 Å². The third-order valence-electron chi connectivity index (χ3n) is 3.60. The molecule has 1 aliphatic heterocycles. The molecule has 96 valence electrons. The molecule has 0 radical (unpaired) electrons. The third-order valence-corrected chi connectivity index (χ3v) is 4.37. The van der Waals surface area contributed by atoms with E-state index < -0.39 is 11.4 Å². The average molecular weight is 265 g/mol. The molecule has 1 aliphatic rings. The summed E-state index contributed by atoms with van der Waals surface area (Å²) in [5.74, 6) is -0.698. The molecule has 0 amide bonds. The van der Waals surface area contributed by atoms with Gasteiger partial charge in [0.15, 0.2) is 4.96 Å². The number of hydrogen-bond donors (Lipinski definition) is 1. The van der Waals surface area contributed by atoms with Gasteiger partial charge in [0.1, 0.15) is 0 Å². The van der Waals surface area contributed by atoms with Gasteiger partial charge in [0.05, 0.1) is 11.1 Å². The zero-order valence-corrected chi connectivity index (χ0v) is 11.0. The van der Waals surface area contributed by atoms with E-state index in [1.807, 2.05) is 29.1 Å². The van der Waals surface area contributed by atoms with Gasteiger partial charge in [0, 0.05) is 30.9 Å².